The lowest BCUT2D eigenvalue weighted by Gasteiger charge is -1.79. The van der Waals surface area contributed by atoms with Gasteiger partial charge in [0.25, 0.3) is 0 Å². The molecule has 0 atom stereocenters. The predicted molar refractivity (Wildman–Crippen MR) is 44.0 cm³/mol. The van der Waals surface area contributed by atoms with Gasteiger partial charge in [-0.2, -0.15) is 0 Å². The van der Waals surface area contributed by atoms with Crippen LogP contribution in [-0.2, 0) is 4.79 Å². The molecule has 0 unspecified atom stereocenters. The normalized spacial score (nSPS) is 7.90. The molecule has 2 nitrogen and oxygen atoms in total. The van der Waals surface area contributed by atoms with Crippen molar-refractivity contribution in [2.24, 2.45) is 0 Å². The fraction of sp³-hybridized carbons (Fsp3) is 0.833. The van der Waals surface area contributed by atoms with E-state index in [-0.39, 0.29) is 0 Å². The largest absolute Gasteiger partial charge is 0.481 e. The van der Waals surface area contributed by atoms with Crippen LogP contribution in [0.25, 0.3) is 0 Å². The first-order valence-corrected chi connectivity index (χ1v) is 4.09. The van der Waals surface area contributed by atoms with E-state index in [0.29, 0.717) is 18.2 Å². The summed E-state index contributed by atoms with van der Waals surface area (Å²) in [6, 6.07) is 0. The number of aliphatic carboxylic acids is 1. The van der Waals surface area contributed by atoms with Gasteiger partial charge in [0.2, 0.25) is 0 Å². The minimum absolute atomic E-state index is 0.292. The number of hydrogen-bond donors (Lipinski definition) is 1. The summed E-state index contributed by atoms with van der Waals surface area (Å²) in [5.41, 5.74) is 0. The third-order valence-corrected chi connectivity index (χ3v) is 1.11. The van der Waals surface area contributed by atoms with E-state index >= 15 is 0 Å². The zero-order valence-corrected chi connectivity index (χ0v) is 7.45. The molecule has 62 valence electrons. The maximum absolute atomic E-state index is 9.60. The monoisotopic (exact) mass is 186 g/mol. The Hall–Kier alpha value is 0.0500. The highest BCUT2D eigenvalue weighted by molar-refractivity contribution is 6.25. The van der Waals surface area contributed by atoms with Crippen LogP contribution < -0.4 is 0 Å². The molecule has 0 radical (unpaired) electrons. The molecule has 4 heteroatoms. The molecule has 10 heavy (non-hydrogen) atoms. The Balaban J connectivity index is 0. The van der Waals surface area contributed by atoms with Crippen molar-refractivity contribution < 1.29 is 9.90 Å². The van der Waals surface area contributed by atoms with E-state index < -0.39 is 5.97 Å². The van der Waals surface area contributed by atoms with Gasteiger partial charge in [-0.3, -0.25) is 4.79 Å². The van der Waals surface area contributed by atoms with Crippen LogP contribution in [-0.4, -0.2) is 22.8 Å². The standard InChI is InChI=1S/C4H8O2.C2H4Cl2/c1-2-3-4(5)6;3-1-2-4/h2-3H2,1H3,(H,5,6);1-2H2. The molecule has 0 aliphatic rings. The predicted octanol–water partition coefficient (Wildman–Crippen LogP) is 2.34. The second-order valence-corrected chi connectivity index (χ2v) is 2.28. The van der Waals surface area contributed by atoms with Gasteiger partial charge < -0.3 is 5.11 Å². The summed E-state index contributed by atoms with van der Waals surface area (Å²) in [6.45, 7) is 1.84. The van der Waals surface area contributed by atoms with Crippen LogP contribution in [0.2, 0.25) is 0 Å². The molecule has 0 aliphatic heterocycles. The fourth-order valence-corrected chi connectivity index (χ4v) is 0.214. The third kappa shape index (κ3) is 24.4. The molecule has 0 aliphatic carbocycles. The van der Waals surface area contributed by atoms with Crippen molar-refractivity contribution in [3.8, 4) is 0 Å². The smallest absolute Gasteiger partial charge is 0.303 e. The lowest BCUT2D eigenvalue weighted by molar-refractivity contribution is -0.137. The van der Waals surface area contributed by atoms with E-state index in [1.165, 1.54) is 0 Å². The lowest BCUT2D eigenvalue weighted by Crippen LogP contribution is -1.90. The number of hydrogen-bond acceptors (Lipinski definition) is 1. The van der Waals surface area contributed by atoms with E-state index in [1.54, 1.807) is 0 Å². The molecule has 0 aromatic heterocycles. The molecule has 0 amide bonds. The van der Waals surface area contributed by atoms with Crippen LogP contribution in [0.15, 0.2) is 0 Å². The Labute approximate surface area is 71.1 Å². The molecule has 0 spiro atoms. The molecule has 0 aromatic rings. The minimum Gasteiger partial charge on any atom is -0.481 e. The van der Waals surface area contributed by atoms with Crippen LogP contribution in [0.1, 0.15) is 19.8 Å². The Bertz CT molecular complexity index is 74.1. The van der Waals surface area contributed by atoms with E-state index in [4.69, 9.17) is 28.3 Å². The van der Waals surface area contributed by atoms with Gasteiger partial charge in [0, 0.05) is 18.2 Å². The van der Waals surface area contributed by atoms with Crippen LogP contribution in [0.4, 0.5) is 0 Å². The number of rotatable bonds is 3. The van der Waals surface area contributed by atoms with Gasteiger partial charge >= 0.3 is 5.97 Å². The number of carboxylic acid groups (broad SMARTS) is 1. The topological polar surface area (TPSA) is 37.3 Å². The van der Waals surface area contributed by atoms with E-state index in [2.05, 4.69) is 0 Å². The summed E-state index contributed by atoms with van der Waals surface area (Å²) in [4.78, 5) is 9.60. The quantitative estimate of drug-likeness (QED) is 0.688. The number of carbonyl (C=O) groups is 1. The Morgan fingerprint density at radius 1 is 1.40 bits per heavy atom. The summed E-state index contributed by atoms with van der Waals surface area (Å²) >= 11 is 10.1. The summed E-state index contributed by atoms with van der Waals surface area (Å²) in [5, 5.41) is 7.91. The van der Waals surface area contributed by atoms with E-state index in [0.717, 1.165) is 6.42 Å². The van der Waals surface area contributed by atoms with Crippen LogP contribution in [0, 0.1) is 0 Å². The van der Waals surface area contributed by atoms with Gasteiger partial charge in [0.05, 0.1) is 0 Å². The van der Waals surface area contributed by atoms with Gasteiger partial charge in [0.15, 0.2) is 0 Å². The highest BCUT2D eigenvalue weighted by Gasteiger charge is 1.87. The molecule has 0 bridgehead atoms. The molecule has 0 aromatic carbocycles. The molecule has 0 saturated heterocycles. The molecule has 0 rings (SSSR count). The first-order valence-electron chi connectivity index (χ1n) is 3.02. The van der Waals surface area contributed by atoms with Crippen molar-refractivity contribution in [3.05, 3.63) is 0 Å². The van der Waals surface area contributed by atoms with Gasteiger partial charge in [0.1, 0.15) is 0 Å². The maximum atomic E-state index is 9.60. The van der Waals surface area contributed by atoms with Gasteiger partial charge in [-0.1, -0.05) is 6.92 Å². The number of carboxylic acids is 1. The average Bonchev–Trinajstić information content (AvgIpc) is 1.89. The van der Waals surface area contributed by atoms with Crippen molar-refractivity contribution in [1.82, 2.24) is 0 Å². The first-order chi connectivity index (χ1) is 4.68. The average molecular weight is 187 g/mol. The van der Waals surface area contributed by atoms with E-state index in [1.807, 2.05) is 6.92 Å². The first kappa shape index (κ1) is 12.7. The Morgan fingerprint density at radius 2 is 1.80 bits per heavy atom. The minimum atomic E-state index is -0.711. The summed E-state index contributed by atoms with van der Waals surface area (Å²) in [5.74, 6) is 0.404. The molecule has 1 N–H and O–H groups in total. The van der Waals surface area contributed by atoms with Crippen molar-refractivity contribution in [1.29, 1.82) is 0 Å². The highest BCUT2D eigenvalue weighted by atomic mass is 35.5. The number of halogens is 2. The van der Waals surface area contributed by atoms with Gasteiger partial charge in [-0.15, -0.1) is 23.2 Å². The Kier molecular flexibility index (Phi) is 15.0. The van der Waals surface area contributed by atoms with E-state index in [9.17, 15) is 4.79 Å². The highest BCUT2D eigenvalue weighted by Crippen LogP contribution is 1.82. The summed E-state index contributed by atoms with van der Waals surface area (Å²) in [7, 11) is 0. The van der Waals surface area contributed by atoms with Crippen LogP contribution in [0.5, 0.6) is 0 Å². The van der Waals surface area contributed by atoms with Crippen LogP contribution in [0.3, 0.4) is 0 Å². The zero-order valence-electron chi connectivity index (χ0n) is 5.94. The second kappa shape index (κ2) is 11.8. The Morgan fingerprint density at radius 3 is 1.80 bits per heavy atom. The summed E-state index contributed by atoms with van der Waals surface area (Å²) < 4.78 is 0. The number of alkyl halides is 2. The fourth-order valence-electron chi connectivity index (χ4n) is 0.214. The van der Waals surface area contributed by atoms with Gasteiger partial charge in [-0.25, -0.2) is 0 Å². The molecule has 0 heterocycles. The van der Waals surface area contributed by atoms with Gasteiger partial charge in [-0.05, 0) is 6.42 Å². The second-order valence-electron chi connectivity index (χ2n) is 1.52. The zero-order chi connectivity index (χ0) is 8.41. The molecule has 0 fully saturated rings. The SMILES string of the molecule is CCCC(=O)O.ClCCCl. The van der Waals surface area contributed by atoms with Crippen molar-refractivity contribution in [3.63, 3.8) is 0 Å². The van der Waals surface area contributed by atoms with Crippen molar-refractivity contribution in [2.75, 3.05) is 11.8 Å². The summed E-state index contributed by atoms with van der Waals surface area (Å²) in [6.07, 6.45) is 1.02. The van der Waals surface area contributed by atoms with Crippen molar-refractivity contribution in [2.45, 2.75) is 19.8 Å². The molecular weight excluding hydrogens is 175 g/mol. The van der Waals surface area contributed by atoms with Crippen molar-refractivity contribution >= 4 is 29.2 Å². The maximum Gasteiger partial charge on any atom is 0.303 e. The molecule has 0 saturated carbocycles. The molecular formula is C6H12Cl2O2. The van der Waals surface area contributed by atoms with Crippen LogP contribution >= 0.6 is 23.2 Å². The third-order valence-electron chi connectivity index (χ3n) is 0.535. The lowest BCUT2D eigenvalue weighted by atomic mass is 10.4.